The maximum absolute atomic E-state index is 11.9. The minimum atomic E-state index is -0.0423. The van der Waals surface area contributed by atoms with Crippen LogP contribution in [0.4, 0.5) is 11.4 Å². The Labute approximate surface area is 99.5 Å². The van der Waals surface area contributed by atoms with Gasteiger partial charge in [0.2, 0.25) is 5.91 Å². The fourth-order valence-electron chi connectivity index (χ4n) is 1.51. The van der Waals surface area contributed by atoms with Crippen molar-refractivity contribution in [3.63, 3.8) is 0 Å². The Kier molecular flexibility index (Phi) is 3.09. The molecule has 1 aromatic heterocycles. The average Bonchev–Trinajstić information content (AvgIpc) is 2.75. The minimum Gasteiger partial charge on any atom is -0.396 e. The van der Waals surface area contributed by atoms with Gasteiger partial charge in [0, 0.05) is 18.9 Å². The smallest absolute Gasteiger partial charge is 0.248 e. The van der Waals surface area contributed by atoms with E-state index in [-0.39, 0.29) is 12.5 Å². The van der Waals surface area contributed by atoms with E-state index in [4.69, 9.17) is 5.73 Å². The van der Waals surface area contributed by atoms with Crippen LogP contribution in [0.5, 0.6) is 0 Å². The van der Waals surface area contributed by atoms with E-state index in [1.807, 2.05) is 30.3 Å². The molecule has 2 N–H and O–H groups in total. The van der Waals surface area contributed by atoms with Crippen molar-refractivity contribution in [2.24, 2.45) is 0 Å². The molecule has 0 bridgehead atoms. The third-order valence-corrected chi connectivity index (χ3v) is 2.47. The van der Waals surface area contributed by atoms with Crippen molar-refractivity contribution in [1.82, 2.24) is 9.78 Å². The van der Waals surface area contributed by atoms with Crippen LogP contribution in [-0.2, 0) is 11.3 Å². The maximum Gasteiger partial charge on any atom is 0.248 e. The van der Waals surface area contributed by atoms with Gasteiger partial charge < -0.3 is 10.6 Å². The molecule has 0 aliphatic carbocycles. The molecule has 2 rings (SSSR count). The van der Waals surface area contributed by atoms with Crippen molar-refractivity contribution >= 4 is 17.3 Å². The lowest BCUT2D eigenvalue weighted by Crippen LogP contribution is -2.30. The molecule has 2 aromatic rings. The van der Waals surface area contributed by atoms with Gasteiger partial charge >= 0.3 is 0 Å². The van der Waals surface area contributed by atoms with Crippen LogP contribution >= 0.6 is 0 Å². The van der Waals surface area contributed by atoms with Crippen LogP contribution in [-0.4, -0.2) is 22.7 Å². The summed E-state index contributed by atoms with van der Waals surface area (Å²) in [5.41, 5.74) is 6.95. The average molecular weight is 230 g/mol. The number of rotatable bonds is 3. The molecule has 0 aliphatic rings. The number of nitrogens with two attached hydrogens (primary N) is 1. The zero-order valence-corrected chi connectivity index (χ0v) is 9.58. The number of hydrogen-bond acceptors (Lipinski definition) is 3. The molecule has 0 unspecified atom stereocenters. The summed E-state index contributed by atoms with van der Waals surface area (Å²) in [6.45, 7) is 0.183. The molecule has 0 atom stereocenters. The van der Waals surface area contributed by atoms with Crippen LogP contribution in [0.3, 0.4) is 0 Å². The molecule has 0 spiro atoms. The molecule has 0 saturated carbocycles. The number of amides is 1. The third kappa shape index (κ3) is 2.63. The first-order chi connectivity index (χ1) is 8.16. The number of carbonyl (C=O) groups is 1. The number of benzene rings is 1. The number of nitrogen functional groups attached to an aromatic ring is 1. The van der Waals surface area contributed by atoms with Gasteiger partial charge in [0.05, 0.1) is 11.9 Å². The molecular weight excluding hydrogens is 216 g/mol. The van der Waals surface area contributed by atoms with Crippen LogP contribution in [0.25, 0.3) is 0 Å². The van der Waals surface area contributed by atoms with E-state index in [0.29, 0.717) is 5.69 Å². The fourth-order valence-corrected chi connectivity index (χ4v) is 1.51. The molecule has 1 amide bonds. The van der Waals surface area contributed by atoms with Gasteiger partial charge in [-0.05, 0) is 12.1 Å². The SMILES string of the molecule is CN(C(=O)Cn1cc(N)cn1)c1ccccc1. The predicted molar refractivity (Wildman–Crippen MR) is 66.5 cm³/mol. The molecule has 0 radical (unpaired) electrons. The number of hydrogen-bond donors (Lipinski definition) is 1. The second kappa shape index (κ2) is 4.69. The molecule has 0 saturated heterocycles. The van der Waals surface area contributed by atoms with Crippen LogP contribution in [0.1, 0.15) is 0 Å². The van der Waals surface area contributed by atoms with Crippen molar-refractivity contribution in [3.05, 3.63) is 42.7 Å². The molecular formula is C12H14N4O. The monoisotopic (exact) mass is 230 g/mol. The van der Waals surface area contributed by atoms with Crippen molar-refractivity contribution < 1.29 is 4.79 Å². The second-order valence-corrected chi connectivity index (χ2v) is 3.76. The second-order valence-electron chi connectivity index (χ2n) is 3.76. The Morgan fingerprint density at radius 1 is 1.41 bits per heavy atom. The highest BCUT2D eigenvalue weighted by Crippen LogP contribution is 2.11. The van der Waals surface area contributed by atoms with Crippen molar-refractivity contribution in [3.8, 4) is 0 Å². The molecule has 1 heterocycles. The summed E-state index contributed by atoms with van der Waals surface area (Å²) in [4.78, 5) is 13.5. The Hall–Kier alpha value is -2.30. The van der Waals surface area contributed by atoms with Crippen LogP contribution in [0.2, 0.25) is 0 Å². The quantitative estimate of drug-likeness (QED) is 0.859. The Bertz CT molecular complexity index is 506. The van der Waals surface area contributed by atoms with Gasteiger partial charge in [-0.25, -0.2) is 0 Å². The van der Waals surface area contributed by atoms with Crippen molar-refractivity contribution in [1.29, 1.82) is 0 Å². The predicted octanol–water partition coefficient (Wildman–Crippen LogP) is 1.13. The summed E-state index contributed by atoms with van der Waals surface area (Å²) in [6, 6.07) is 9.47. The molecule has 0 aliphatic heterocycles. The van der Waals surface area contributed by atoms with Gasteiger partial charge in [-0.2, -0.15) is 5.10 Å². The lowest BCUT2D eigenvalue weighted by molar-refractivity contribution is -0.119. The van der Waals surface area contributed by atoms with Gasteiger partial charge in [0.1, 0.15) is 6.54 Å². The number of carbonyl (C=O) groups excluding carboxylic acids is 1. The van der Waals surface area contributed by atoms with Crippen LogP contribution in [0, 0.1) is 0 Å². The summed E-state index contributed by atoms with van der Waals surface area (Å²) in [6.07, 6.45) is 3.16. The molecule has 5 heteroatoms. The van der Waals surface area contributed by atoms with Gasteiger partial charge in [-0.1, -0.05) is 18.2 Å². The fraction of sp³-hybridized carbons (Fsp3) is 0.167. The lowest BCUT2D eigenvalue weighted by atomic mass is 10.3. The number of anilines is 2. The molecule has 88 valence electrons. The first kappa shape index (κ1) is 11.2. The zero-order chi connectivity index (χ0) is 12.3. The summed E-state index contributed by atoms with van der Waals surface area (Å²) < 4.78 is 1.52. The minimum absolute atomic E-state index is 0.0423. The summed E-state index contributed by atoms with van der Waals surface area (Å²) in [5.74, 6) is -0.0423. The molecule has 1 aromatic carbocycles. The number of aromatic nitrogens is 2. The number of nitrogens with zero attached hydrogens (tertiary/aromatic N) is 3. The highest BCUT2D eigenvalue weighted by molar-refractivity contribution is 5.92. The lowest BCUT2D eigenvalue weighted by Gasteiger charge is -2.16. The van der Waals surface area contributed by atoms with E-state index in [1.165, 1.54) is 10.9 Å². The van der Waals surface area contributed by atoms with Crippen LogP contribution < -0.4 is 10.6 Å². The molecule has 17 heavy (non-hydrogen) atoms. The topological polar surface area (TPSA) is 64.2 Å². The summed E-state index contributed by atoms with van der Waals surface area (Å²) >= 11 is 0. The molecule has 0 fully saturated rings. The number of likely N-dealkylation sites (N-methyl/N-ethyl adjacent to an activating group) is 1. The first-order valence-corrected chi connectivity index (χ1v) is 5.26. The maximum atomic E-state index is 11.9. The van der Waals surface area contributed by atoms with Crippen molar-refractivity contribution in [2.45, 2.75) is 6.54 Å². The van der Waals surface area contributed by atoms with Crippen molar-refractivity contribution in [2.75, 3.05) is 17.7 Å². The van der Waals surface area contributed by atoms with E-state index in [1.54, 1.807) is 18.1 Å². The van der Waals surface area contributed by atoms with E-state index < -0.39 is 0 Å². The van der Waals surface area contributed by atoms with E-state index in [0.717, 1.165) is 5.69 Å². The highest BCUT2D eigenvalue weighted by Gasteiger charge is 2.11. The number of para-hydroxylation sites is 1. The van der Waals surface area contributed by atoms with Gasteiger partial charge in [-0.3, -0.25) is 9.48 Å². The normalized spacial score (nSPS) is 10.2. The van der Waals surface area contributed by atoms with Gasteiger partial charge in [-0.15, -0.1) is 0 Å². The standard InChI is InChI=1S/C12H14N4O/c1-15(11-5-3-2-4-6-11)12(17)9-16-8-10(13)7-14-16/h2-8H,9,13H2,1H3. The van der Waals surface area contributed by atoms with Gasteiger partial charge in [0.25, 0.3) is 0 Å². The Balaban J connectivity index is 2.06. The largest absolute Gasteiger partial charge is 0.396 e. The highest BCUT2D eigenvalue weighted by atomic mass is 16.2. The van der Waals surface area contributed by atoms with E-state index in [9.17, 15) is 4.79 Å². The Morgan fingerprint density at radius 2 is 2.12 bits per heavy atom. The van der Waals surface area contributed by atoms with E-state index in [2.05, 4.69) is 5.10 Å². The summed E-state index contributed by atoms with van der Waals surface area (Å²) in [7, 11) is 1.74. The zero-order valence-electron chi connectivity index (χ0n) is 9.58. The first-order valence-electron chi connectivity index (χ1n) is 5.26. The summed E-state index contributed by atoms with van der Waals surface area (Å²) in [5, 5.41) is 3.98. The van der Waals surface area contributed by atoms with Gasteiger partial charge in [0.15, 0.2) is 0 Å². The Morgan fingerprint density at radius 3 is 2.71 bits per heavy atom. The van der Waals surface area contributed by atoms with E-state index >= 15 is 0 Å². The molecule has 5 nitrogen and oxygen atoms in total. The third-order valence-electron chi connectivity index (χ3n) is 2.47. The van der Waals surface area contributed by atoms with Crippen LogP contribution in [0.15, 0.2) is 42.7 Å².